The number of carbonyl (C=O) groups excluding carboxylic acids is 1. The predicted octanol–water partition coefficient (Wildman–Crippen LogP) is 5.20. The van der Waals surface area contributed by atoms with Crippen molar-refractivity contribution in [3.8, 4) is 11.6 Å². The van der Waals surface area contributed by atoms with E-state index in [0.29, 0.717) is 34.2 Å². The molecule has 32 heavy (non-hydrogen) atoms. The third-order valence-corrected chi connectivity index (χ3v) is 5.23. The van der Waals surface area contributed by atoms with Crippen LogP contribution in [0.25, 0.3) is 0 Å². The molecule has 0 saturated heterocycles. The Morgan fingerprint density at radius 2 is 1.72 bits per heavy atom. The smallest absolute Gasteiger partial charge is 0.387 e. The van der Waals surface area contributed by atoms with Crippen LogP contribution in [0, 0.1) is 19.7 Å². The molecule has 4 rings (SSSR count). The average Bonchev–Trinajstić information content (AvgIpc) is 2.74. The van der Waals surface area contributed by atoms with Crippen molar-refractivity contribution >= 4 is 23.0 Å². The Bertz CT molecular complexity index is 1190. The molecule has 0 atom stereocenters. The summed E-state index contributed by atoms with van der Waals surface area (Å²) < 4.78 is 49.0. The first-order valence-corrected chi connectivity index (χ1v) is 9.74. The van der Waals surface area contributed by atoms with Crippen LogP contribution in [0.1, 0.15) is 21.6 Å². The number of hydrogen-bond acceptors (Lipinski definition) is 5. The highest BCUT2D eigenvalue weighted by atomic mass is 19.3. The Labute approximate surface area is 182 Å². The molecule has 0 N–H and O–H groups in total. The molecule has 3 aromatic rings. The predicted molar refractivity (Wildman–Crippen MR) is 114 cm³/mol. The molecule has 166 valence electrons. The number of benzene rings is 2. The fourth-order valence-corrected chi connectivity index (χ4v) is 3.76. The van der Waals surface area contributed by atoms with Gasteiger partial charge in [-0.05, 0) is 55.8 Å². The highest BCUT2D eigenvalue weighted by Gasteiger charge is 2.33. The standard InChI is InChI=1S/C23H20F3N3O3/c1-13-10-15(24)4-7-18(13)28-12-29(19-8-9-21(31-3)27-14(19)2)22(30)17-6-5-16(11-20(17)28)32-23(25)26/h4-11,23H,12H2,1-3H3. The Kier molecular flexibility index (Phi) is 5.65. The third kappa shape index (κ3) is 3.93. The van der Waals surface area contributed by atoms with Crippen molar-refractivity contribution in [2.75, 3.05) is 23.6 Å². The second-order valence-corrected chi connectivity index (χ2v) is 7.25. The zero-order chi connectivity index (χ0) is 23.0. The van der Waals surface area contributed by atoms with Gasteiger partial charge in [-0.15, -0.1) is 0 Å². The molecule has 2 aromatic carbocycles. The van der Waals surface area contributed by atoms with Crippen molar-refractivity contribution in [3.63, 3.8) is 0 Å². The number of halogens is 3. The first-order valence-electron chi connectivity index (χ1n) is 9.74. The molecule has 2 heterocycles. The van der Waals surface area contributed by atoms with E-state index in [2.05, 4.69) is 9.72 Å². The maximum absolute atomic E-state index is 13.7. The molecule has 1 amide bonds. The number of rotatable bonds is 5. The van der Waals surface area contributed by atoms with Crippen LogP contribution in [-0.4, -0.2) is 31.3 Å². The fourth-order valence-electron chi connectivity index (χ4n) is 3.76. The summed E-state index contributed by atoms with van der Waals surface area (Å²) in [5.74, 6) is -0.390. The number of fused-ring (bicyclic) bond motifs is 1. The van der Waals surface area contributed by atoms with E-state index >= 15 is 0 Å². The molecular formula is C23H20F3N3O3. The molecule has 1 aliphatic heterocycles. The topological polar surface area (TPSA) is 54.9 Å². The fraction of sp³-hybridized carbons (Fsp3) is 0.217. The molecule has 0 aliphatic carbocycles. The largest absolute Gasteiger partial charge is 0.481 e. The van der Waals surface area contributed by atoms with Gasteiger partial charge in [-0.3, -0.25) is 9.69 Å². The zero-order valence-corrected chi connectivity index (χ0v) is 17.6. The van der Waals surface area contributed by atoms with Crippen LogP contribution in [-0.2, 0) is 0 Å². The summed E-state index contributed by atoms with van der Waals surface area (Å²) in [6.45, 7) is 0.551. The molecule has 0 unspecified atom stereocenters. The van der Waals surface area contributed by atoms with Crippen LogP contribution in [0.5, 0.6) is 11.6 Å². The Balaban J connectivity index is 1.86. The molecule has 0 saturated carbocycles. The number of pyridine rings is 1. The number of anilines is 3. The lowest BCUT2D eigenvalue weighted by Gasteiger charge is -2.39. The number of nitrogens with zero attached hydrogens (tertiary/aromatic N) is 3. The van der Waals surface area contributed by atoms with Crippen LogP contribution < -0.4 is 19.3 Å². The maximum Gasteiger partial charge on any atom is 0.387 e. The van der Waals surface area contributed by atoms with Crippen LogP contribution in [0.3, 0.4) is 0 Å². The van der Waals surface area contributed by atoms with E-state index in [4.69, 9.17) is 4.74 Å². The Morgan fingerprint density at radius 3 is 2.38 bits per heavy atom. The van der Waals surface area contributed by atoms with Gasteiger partial charge in [0, 0.05) is 17.8 Å². The summed E-state index contributed by atoms with van der Waals surface area (Å²) in [7, 11) is 1.50. The molecule has 6 nitrogen and oxygen atoms in total. The number of ether oxygens (including phenoxy) is 2. The number of amides is 1. The lowest BCUT2D eigenvalue weighted by atomic mass is 10.0. The first kappa shape index (κ1) is 21.5. The van der Waals surface area contributed by atoms with Gasteiger partial charge in [-0.25, -0.2) is 9.37 Å². The van der Waals surface area contributed by atoms with Gasteiger partial charge in [0.05, 0.1) is 29.7 Å². The number of methoxy groups -OCH3 is 1. The van der Waals surface area contributed by atoms with Gasteiger partial charge in [0.2, 0.25) is 5.88 Å². The van der Waals surface area contributed by atoms with Crippen LogP contribution >= 0.6 is 0 Å². The second kappa shape index (κ2) is 8.41. The van der Waals surface area contributed by atoms with E-state index in [1.54, 1.807) is 36.9 Å². The highest BCUT2D eigenvalue weighted by Crippen LogP contribution is 2.40. The van der Waals surface area contributed by atoms with Gasteiger partial charge < -0.3 is 14.4 Å². The van der Waals surface area contributed by atoms with Crippen molar-refractivity contribution in [2.24, 2.45) is 0 Å². The van der Waals surface area contributed by atoms with Crippen LogP contribution in [0.15, 0.2) is 48.5 Å². The maximum atomic E-state index is 13.7. The minimum absolute atomic E-state index is 0.0608. The normalized spacial score (nSPS) is 13.4. The van der Waals surface area contributed by atoms with E-state index in [1.807, 2.05) is 0 Å². The zero-order valence-electron chi connectivity index (χ0n) is 17.6. The van der Waals surface area contributed by atoms with Gasteiger partial charge in [-0.1, -0.05) is 0 Å². The third-order valence-electron chi connectivity index (χ3n) is 5.23. The first-order chi connectivity index (χ1) is 15.3. The number of carbonyl (C=O) groups is 1. The minimum atomic E-state index is -3.00. The second-order valence-electron chi connectivity index (χ2n) is 7.25. The summed E-state index contributed by atoms with van der Waals surface area (Å²) in [4.78, 5) is 21.0. The molecule has 0 spiro atoms. The van der Waals surface area contributed by atoms with Gasteiger partial charge in [0.15, 0.2) is 0 Å². The van der Waals surface area contributed by atoms with Crippen molar-refractivity contribution < 1.29 is 27.4 Å². The quantitative estimate of drug-likeness (QED) is 0.542. The number of hydrogen-bond donors (Lipinski definition) is 0. The molecule has 0 fully saturated rings. The van der Waals surface area contributed by atoms with E-state index < -0.39 is 12.4 Å². The lowest BCUT2D eigenvalue weighted by Crippen LogP contribution is -2.45. The van der Waals surface area contributed by atoms with Gasteiger partial charge in [0.25, 0.3) is 5.91 Å². The molecule has 9 heteroatoms. The average molecular weight is 443 g/mol. The Morgan fingerprint density at radius 1 is 0.969 bits per heavy atom. The summed E-state index contributed by atoms with van der Waals surface area (Å²) in [5, 5.41) is 0. The monoisotopic (exact) mass is 443 g/mol. The van der Waals surface area contributed by atoms with Crippen LogP contribution in [0.2, 0.25) is 0 Å². The number of aromatic nitrogens is 1. The van der Waals surface area contributed by atoms with Crippen LogP contribution in [0.4, 0.5) is 30.2 Å². The van der Waals surface area contributed by atoms with E-state index in [9.17, 15) is 18.0 Å². The number of aryl methyl sites for hydroxylation is 2. The summed E-state index contributed by atoms with van der Waals surface area (Å²) >= 11 is 0. The van der Waals surface area contributed by atoms with Gasteiger partial charge in [0.1, 0.15) is 18.2 Å². The van der Waals surface area contributed by atoms with E-state index in [0.717, 1.165) is 0 Å². The minimum Gasteiger partial charge on any atom is -0.481 e. The molecule has 1 aromatic heterocycles. The summed E-state index contributed by atoms with van der Waals surface area (Å²) in [5.41, 5.74) is 3.07. The van der Waals surface area contributed by atoms with E-state index in [-0.39, 0.29) is 23.9 Å². The molecular weight excluding hydrogens is 423 g/mol. The molecule has 0 bridgehead atoms. The highest BCUT2D eigenvalue weighted by molar-refractivity contribution is 6.13. The van der Waals surface area contributed by atoms with Crippen molar-refractivity contribution in [3.05, 3.63) is 71.2 Å². The summed E-state index contributed by atoms with van der Waals surface area (Å²) in [6.07, 6.45) is 0. The lowest BCUT2D eigenvalue weighted by molar-refractivity contribution is -0.0498. The summed E-state index contributed by atoms with van der Waals surface area (Å²) in [6, 6.07) is 11.8. The van der Waals surface area contributed by atoms with Crippen molar-refractivity contribution in [2.45, 2.75) is 20.5 Å². The van der Waals surface area contributed by atoms with E-state index in [1.165, 1.54) is 42.3 Å². The number of alkyl halides is 2. The van der Waals surface area contributed by atoms with Gasteiger partial charge >= 0.3 is 6.61 Å². The Hall–Kier alpha value is -3.75. The van der Waals surface area contributed by atoms with Crippen molar-refractivity contribution in [1.29, 1.82) is 0 Å². The SMILES string of the molecule is COc1ccc(N2CN(c3ccc(F)cc3C)c3cc(OC(F)F)ccc3C2=O)c(C)n1. The molecule has 0 radical (unpaired) electrons. The molecule has 1 aliphatic rings. The van der Waals surface area contributed by atoms with Crippen molar-refractivity contribution in [1.82, 2.24) is 4.98 Å². The van der Waals surface area contributed by atoms with Gasteiger partial charge in [-0.2, -0.15) is 8.78 Å².